The van der Waals surface area contributed by atoms with Crippen molar-refractivity contribution in [3.05, 3.63) is 62.5 Å². The van der Waals surface area contributed by atoms with Crippen LogP contribution < -0.4 is 0 Å². The van der Waals surface area contributed by atoms with Crippen LogP contribution in [0.5, 0.6) is 0 Å². The van der Waals surface area contributed by atoms with Gasteiger partial charge in [-0.15, -0.1) is 0 Å². The molecule has 0 aliphatic carbocycles. The lowest BCUT2D eigenvalue weighted by Gasteiger charge is -2.62. The second-order valence-corrected chi connectivity index (χ2v) is 8.13. The summed E-state index contributed by atoms with van der Waals surface area (Å²) in [7, 11) is 2.42. The van der Waals surface area contributed by atoms with Crippen LogP contribution in [-0.4, -0.2) is 45.9 Å². The topological polar surface area (TPSA) is 102 Å². The predicted molar refractivity (Wildman–Crippen MR) is 102 cm³/mol. The molecule has 0 amide bonds. The van der Waals surface area contributed by atoms with Crippen LogP contribution in [0.15, 0.2) is 35.9 Å². The molecule has 4 aliphatic heterocycles. The molecule has 0 radical (unpaired) electrons. The van der Waals surface area contributed by atoms with Crippen LogP contribution in [0.1, 0.15) is 30.6 Å². The number of likely N-dealkylation sites (N-methyl/N-ethyl adjacent to an activating group) is 1. The molecule has 3 fully saturated rings. The Kier molecular flexibility index (Phi) is 4.24. The predicted octanol–water partition coefficient (Wildman–Crippen LogP) is 2.93. The summed E-state index contributed by atoms with van der Waals surface area (Å²) in [6.07, 6.45) is 4.59. The summed E-state index contributed by atoms with van der Waals surface area (Å²) >= 11 is 0. The van der Waals surface area contributed by atoms with E-state index in [1.165, 1.54) is 28.6 Å². The fraction of sp³-hybridized carbons (Fsp3) is 0.500. The summed E-state index contributed by atoms with van der Waals surface area (Å²) in [4.78, 5) is 12.0. The van der Waals surface area contributed by atoms with Crippen molar-refractivity contribution in [1.82, 2.24) is 4.98 Å². The number of aromatic nitrogens is 1. The summed E-state index contributed by atoms with van der Waals surface area (Å²) in [5.74, 6) is 0.984. The Morgan fingerprint density at radius 1 is 1.37 bits per heavy atom. The number of hydrogen-bond acceptors (Lipinski definition) is 4. The highest BCUT2D eigenvalue weighted by atomic mass is 16.9. The first-order chi connectivity index (χ1) is 12.9. The summed E-state index contributed by atoms with van der Waals surface area (Å²) < 4.78 is 1.08. The van der Waals surface area contributed by atoms with Gasteiger partial charge in [0.25, 0.3) is 0 Å². The van der Waals surface area contributed by atoms with Gasteiger partial charge < -0.3 is 29.9 Å². The minimum atomic E-state index is -1.75. The lowest BCUT2D eigenvalue weighted by atomic mass is 9.62. The number of benzene rings is 1. The number of quaternary nitrogens is 1. The van der Waals surface area contributed by atoms with Gasteiger partial charge in [0.05, 0.1) is 30.5 Å². The van der Waals surface area contributed by atoms with Crippen molar-refractivity contribution >= 4 is 10.9 Å². The second kappa shape index (κ2) is 6.35. The first kappa shape index (κ1) is 18.0. The minimum absolute atomic E-state index is 0.324. The molecular formula is C20H25N3O4. The van der Waals surface area contributed by atoms with E-state index < -0.39 is 5.09 Å². The second-order valence-electron chi connectivity index (χ2n) is 8.13. The maximum atomic E-state index is 10.1. The maximum Gasteiger partial charge on any atom is 0.131 e. The molecule has 0 saturated carbocycles. The van der Waals surface area contributed by atoms with Crippen molar-refractivity contribution < 1.29 is 14.7 Å². The molecule has 4 bridgehead atoms. The molecule has 5 heterocycles. The first-order valence-electron chi connectivity index (χ1n) is 9.42. The number of piperidine rings is 3. The van der Waals surface area contributed by atoms with Gasteiger partial charge in [0.2, 0.25) is 0 Å². The van der Waals surface area contributed by atoms with Crippen molar-refractivity contribution in [2.75, 3.05) is 20.2 Å². The third-order valence-electron chi connectivity index (χ3n) is 7.13. The summed E-state index contributed by atoms with van der Waals surface area (Å²) in [6, 6.07) is 9.84. The highest BCUT2D eigenvalue weighted by Gasteiger charge is 2.61. The number of rotatable bonds is 1. The average Bonchev–Trinajstić information content (AvgIpc) is 2.99. The fourth-order valence-corrected chi connectivity index (χ4v) is 6.02. The third-order valence-corrected chi connectivity index (χ3v) is 7.13. The van der Waals surface area contributed by atoms with Crippen LogP contribution in [0.25, 0.3) is 10.9 Å². The molecule has 0 spiro atoms. The lowest BCUT2D eigenvalue weighted by Crippen LogP contribution is -2.70. The van der Waals surface area contributed by atoms with Crippen molar-refractivity contribution in [3.8, 4) is 0 Å². The minimum Gasteiger partial charge on any atom is -0.396 e. The Bertz CT molecular complexity index is 917. The molecule has 144 valence electrons. The van der Waals surface area contributed by atoms with Crippen molar-refractivity contribution in [1.29, 1.82) is 0 Å². The highest BCUT2D eigenvalue weighted by Crippen LogP contribution is 2.57. The van der Waals surface area contributed by atoms with E-state index in [1.54, 1.807) is 5.57 Å². The molecule has 3 saturated heterocycles. The number of fused-ring (bicyclic) bond motifs is 4. The number of nitrogens with one attached hydrogen (secondary N) is 1. The summed E-state index contributed by atoms with van der Waals surface area (Å²) in [5, 5.41) is 26.3. The van der Waals surface area contributed by atoms with Gasteiger partial charge >= 0.3 is 0 Å². The molecule has 6 rings (SSSR count). The number of allylic oxidation sites excluding steroid dienone is 1. The Hall–Kier alpha value is -2.38. The molecule has 27 heavy (non-hydrogen) atoms. The van der Waals surface area contributed by atoms with Crippen LogP contribution in [-0.2, 0) is 6.42 Å². The van der Waals surface area contributed by atoms with E-state index >= 15 is 0 Å². The monoisotopic (exact) mass is 371 g/mol. The molecule has 0 unspecified atom stereocenters. The standard InChI is InChI=1S/C20H25N2O.NO3/c1-3-12-10-22(2)18-9-15-13-6-4-5-7-17(13)21-20(15)19(22)8-14(12)16(18)11-23;2-1(3)4/h3-7,14,16,18-19,21,23H,8-11H2,1-2H3;/q+1;-1/b12-3-;/t14-,16+,18-,19-,22+;/m0./s1. The summed E-state index contributed by atoms with van der Waals surface area (Å²) in [5.41, 5.74) is 5.84. The number of hydrogen-bond donors (Lipinski definition) is 2. The van der Waals surface area contributed by atoms with Gasteiger partial charge in [-0.3, -0.25) is 0 Å². The Morgan fingerprint density at radius 2 is 2.07 bits per heavy atom. The van der Waals surface area contributed by atoms with Gasteiger partial charge in [0.15, 0.2) is 0 Å². The molecule has 2 N–H and O–H groups in total. The van der Waals surface area contributed by atoms with Crippen LogP contribution in [0.2, 0.25) is 0 Å². The first-order valence-corrected chi connectivity index (χ1v) is 9.42. The lowest BCUT2D eigenvalue weighted by molar-refractivity contribution is -0.978. The van der Waals surface area contributed by atoms with Gasteiger partial charge in [0.1, 0.15) is 12.6 Å². The largest absolute Gasteiger partial charge is 0.396 e. The molecule has 1 aromatic carbocycles. The number of aromatic amines is 1. The SMILES string of the molecule is C/C=C1/C[N@@+]2(C)[C@H]3C[C@@H]1[C@@H](CO)[C@@H]2Cc1c3[nH]c2ccccc12.O=[N+]([O-])[O-]. The van der Waals surface area contributed by atoms with Crippen molar-refractivity contribution in [2.24, 2.45) is 11.8 Å². The van der Waals surface area contributed by atoms with E-state index in [-0.39, 0.29) is 0 Å². The van der Waals surface area contributed by atoms with Gasteiger partial charge in [0, 0.05) is 35.6 Å². The van der Waals surface area contributed by atoms with Crippen LogP contribution in [0, 0.1) is 27.2 Å². The van der Waals surface area contributed by atoms with Crippen molar-refractivity contribution in [3.63, 3.8) is 0 Å². The third kappa shape index (κ3) is 2.56. The number of aliphatic hydroxyl groups is 1. The highest BCUT2D eigenvalue weighted by molar-refractivity contribution is 5.85. The van der Waals surface area contributed by atoms with E-state index in [9.17, 15) is 5.11 Å². The average molecular weight is 371 g/mol. The molecule has 2 aromatic rings. The smallest absolute Gasteiger partial charge is 0.131 e. The number of para-hydroxylation sites is 1. The van der Waals surface area contributed by atoms with Crippen molar-refractivity contribution in [2.45, 2.75) is 31.8 Å². The molecule has 1 aromatic heterocycles. The van der Waals surface area contributed by atoms with E-state index in [2.05, 4.69) is 49.3 Å². The maximum absolute atomic E-state index is 10.1. The zero-order chi connectivity index (χ0) is 19.3. The number of aliphatic hydroxyl groups excluding tert-OH is 1. The number of nitrogens with zero attached hydrogens (tertiary/aromatic N) is 2. The zero-order valence-electron chi connectivity index (χ0n) is 15.6. The fourth-order valence-electron chi connectivity index (χ4n) is 6.02. The summed E-state index contributed by atoms with van der Waals surface area (Å²) in [6.45, 7) is 3.65. The van der Waals surface area contributed by atoms with E-state index in [0.29, 0.717) is 30.5 Å². The Morgan fingerprint density at radius 3 is 2.74 bits per heavy atom. The molecular weight excluding hydrogens is 346 g/mol. The molecule has 5 atom stereocenters. The van der Waals surface area contributed by atoms with Crippen LogP contribution in [0.3, 0.4) is 0 Å². The molecule has 7 nitrogen and oxygen atoms in total. The molecule has 7 heteroatoms. The quantitative estimate of drug-likeness (QED) is 0.348. The van der Waals surface area contributed by atoms with Gasteiger partial charge in [-0.25, -0.2) is 0 Å². The zero-order valence-corrected chi connectivity index (χ0v) is 15.6. The normalized spacial score (nSPS) is 34.9. The van der Waals surface area contributed by atoms with E-state index in [4.69, 9.17) is 15.3 Å². The van der Waals surface area contributed by atoms with Crippen LogP contribution >= 0.6 is 0 Å². The van der Waals surface area contributed by atoms with Gasteiger partial charge in [-0.05, 0) is 24.1 Å². The number of H-pyrrole nitrogens is 1. The van der Waals surface area contributed by atoms with Crippen LogP contribution in [0.4, 0.5) is 0 Å². The van der Waals surface area contributed by atoms with E-state index in [1.807, 2.05) is 0 Å². The van der Waals surface area contributed by atoms with Gasteiger partial charge in [-0.2, -0.15) is 0 Å². The Balaban J connectivity index is 0.000000413. The Labute approximate surface area is 157 Å². The van der Waals surface area contributed by atoms with Gasteiger partial charge in [-0.1, -0.05) is 24.3 Å². The van der Waals surface area contributed by atoms with E-state index in [0.717, 1.165) is 17.4 Å². The molecule has 4 aliphatic rings.